The van der Waals surface area contributed by atoms with Crippen molar-refractivity contribution in [3.05, 3.63) is 36.2 Å². The highest BCUT2D eigenvalue weighted by Gasteiger charge is 2.00. The third kappa shape index (κ3) is 3.16. The number of nitrogens with one attached hydrogen (secondary N) is 1. The number of methoxy groups -OCH3 is 1. The van der Waals surface area contributed by atoms with Crippen molar-refractivity contribution in [2.45, 2.75) is 6.42 Å². The Labute approximate surface area is 107 Å². The fraction of sp³-hybridized carbons (Fsp3) is 0.308. The lowest BCUT2D eigenvalue weighted by Gasteiger charge is -2.08. The van der Waals surface area contributed by atoms with Crippen molar-refractivity contribution in [1.82, 2.24) is 9.78 Å². The number of hydrogen-bond donors (Lipinski definition) is 2. The number of nitrogens with zero attached hydrogens (tertiary/aromatic N) is 2. The number of nitrogen functional groups attached to an aromatic ring is 1. The molecule has 2 aromatic rings. The molecule has 0 spiro atoms. The third-order valence-corrected chi connectivity index (χ3v) is 2.67. The molecule has 0 saturated carbocycles. The van der Waals surface area contributed by atoms with Crippen LogP contribution in [-0.2, 0) is 13.5 Å². The van der Waals surface area contributed by atoms with E-state index in [2.05, 4.69) is 10.4 Å². The molecule has 0 saturated heterocycles. The van der Waals surface area contributed by atoms with Crippen molar-refractivity contribution in [3.8, 4) is 5.75 Å². The zero-order valence-electron chi connectivity index (χ0n) is 10.7. The second-order valence-corrected chi connectivity index (χ2v) is 4.19. The molecule has 0 bridgehead atoms. The normalized spacial score (nSPS) is 10.3. The number of hydrogen-bond acceptors (Lipinski definition) is 4. The van der Waals surface area contributed by atoms with Crippen molar-refractivity contribution in [1.29, 1.82) is 0 Å². The average Bonchev–Trinajstić information content (AvgIpc) is 2.74. The fourth-order valence-corrected chi connectivity index (χ4v) is 1.79. The lowest BCUT2D eigenvalue weighted by Crippen LogP contribution is -2.05. The summed E-state index contributed by atoms with van der Waals surface area (Å²) in [6.07, 6.45) is 4.81. The highest BCUT2D eigenvalue weighted by atomic mass is 16.5. The van der Waals surface area contributed by atoms with Gasteiger partial charge in [-0.3, -0.25) is 4.68 Å². The Hall–Kier alpha value is -2.17. The quantitative estimate of drug-likeness (QED) is 0.788. The van der Waals surface area contributed by atoms with Crippen LogP contribution in [0, 0.1) is 0 Å². The number of ether oxygens (including phenoxy) is 1. The van der Waals surface area contributed by atoms with E-state index in [1.54, 1.807) is 17.9 Å². The summed E-state index contributed by atoms with van der Waals surface area (Å²) >= 11 is 0. The zero-order valence-corrected chi connectivity index (χ0v) is 10.7. The summed E-state index contributed by atoms with van der Waals surface area (Å²) in [5.74, 6) is 0.763. The van der Waals surface area contributed by atoms with Crippen molar-refractivity contribution < 1.29 is 4.74 Å². The monoisotopic (exact) mass is 246 g/mol. The van der Waals surface area contributed by atoms with Crippen LogP contribution in [-0.4, -0.2) is 23.4 Å². The van der Waals surface area contributed by atoms with E-state index in [0.29, 0.717) is 5.69 Å². The number of anilines is 2. The molecule has 1 aromatic carbocycles. The van der Waals surface area contributed by atoms with Crippen LogP contribution in [0.5, 0.6) is 5.75 Å². The van der Waals surface area contributed by atoms with Crippen LogP contribution < -0.4 is 15.8 Å². The standard InChI is InChI=1S/C13H18N4O/c1-17-9-10(8-16-17)3-4-15-12-5-11(14)6-13(7-12)18-2/h5-9,15H,3-4,14H2,1-2H3. The maximum absolute atomic E-state index is 5.79. The number of aryl methyl sites for hydroxylation is 1. The predicted molar refractivity (Wildman–Crippen MR) is 72.8 cm³/mol. The summed E-state index contributed by atoms with van der Waals surface area (Å²) in [7, 11) is 3.55. The van der Waals surface area contributed by atoms with Gasteiger partial charge in [0, 0.05) is 43.3 Å². The summed E-state index contributed by atoms with van der Waals surface area (Å²) < 4.78 is 6.97. The van der Waals surface area contributed by atoms with Gasteiger partial charge in [-0.25, -0.2) is 0 Å². The van der Waals surface area contributed by atoms with Crippen molar-refractivity contribution in [2.24, 2.45) is 7.05 Å². The predicted octanol–water partition coefficient (Wildman–Crippen LogP) is 1.67. The first-order valence-electron chi connectivity index (χ1n) is 5.83. The van der Waals surface area contributed by atoms with Crippen molar-refractivity contribution >= 4 is 11.4 Å². The fourth-order valence-electron chi connectivity index (χ4n) is 1.79. The Kier molecular flexibility index (Phi) is 3.72. The molecule has 18 heavy (non-hydrogen) atoms. The van der Waals surface area contributed by atoms with E-state index in [0.717, 1.165) is 24.4 Å². The van der Waals surface area contributed by atoms with Gasteiger partial charge in [-0.05, 0) is 18.1 Å². The molecule has 5 heteroatoms. The molecule has 0 unspecified atom stereocenters. The van der Waals surface area contributed by atoms with Gasteiger partial charge < -0.3 is 15.8 Å². The molecule has 0 aliphatic rings. The van der Waals surface area contributed by atoms with Crippen LogP contribution in [0.2, 0.25) is 0 Å². The van der Waals surface area contributed by atoms with Crippen molar-refractivity contribution in [3.63, 3.8) is 0 Å². The van der Waals surface area contributed by atoms with Crippen LogP contribution in [0.3, 0.4) is 0 Å². The number of rotatable bonds is 5. The van der Waals surface area contributed by atoms with Gasteiger partial charge in [-0.2, -0.15) is 5.10 Å². The Balaban J connectivity index is 1.91. The minimum atomic E-state index is 0.693. The van der Waals surface area contributed by atoms with Crippen LogP contribution in [0.15, 0.2) is 30.6 Å². The van der Waals surface area contributed by atoms with E-state index in [1.807, 2.05) is 31.6 Å². The van der Waals surface area contributed by atoms with Gasteiger partial charge in [0.05, 0.1) is 13.3 Å². The van der Waals surface area contributed by atoms with Gasteiger partial charge in [0.15, 0.2) is 0 Å². The van der Waals surface area contributed by atoms with E-state index in [9.17, 15) is 0 Å². The lowest BCUT2D eigenvalue weighted by molar-refractivity contribution is 0.415. The number of nitrogens with two attached hydrogens (primary N) is 1. The van der Waals surface area contributed by atoms with Gasteiger partial charge >= 0.3 is 0 Å². The second-order valence-electron chi connectivity index (χ2n) is 4.19. The minimum absolute atomic E-state index is 0.693. The Morgan fingerprint density at radius 3 is 2.89 bits per heavy atom. The van der Waals surface area contributed by atoms with Crippen LogP contribution >= 0.6 is 0 Å². The van der Waals surface area contributed by atoms with Crippen LogP contribution in [0.4, 0.5) is 11.4 Å². The largest absolute Gasteiger partial charge is 0.497 e. The van der Waals surface area contributed by atoms with Gasteiger partial charge in [-0.15, -0.1) is 0 Å². The molecule has 5 nitrogen and oxygen atoms in total. The number of benzene rings is 1. The number of aromatic nitrogens is 2. The maximum Gasteiger partial charge on any atom is 0.122 e. The summed E-state index contributed by atoms with van der Waals surface area (Å²) in [6, 6.07) is 5.62. The van der Waals surface area contributed by atoms with E-state index in [4.69, 9.17) is 10.5 Å². The summed E-state index contributed by atoms with van der Waals surface area (Å²) in [5.41, 5.74) is 8.66. The first kappa shape index (κ1) is 12.3. The Bertz CT molecular complexity index is 521. The van der Waals surface area contributed by atoms with E-state index >= 15 is 0 Å². The molecule has 3 N–H and O–H groups in total. The topological polar surface area (TPSA) is 65.1 Å². The Morgan fingerprint density at radius 1 is 1.39 bits per heavy atom. The van der Waals surface area contributed by atoms with E-state index in [-0.39, 0.29) is 0 Å². The summed E-state index contributed by atoms with van der Waals surface area (Å²) in [6.45, 7) is 0.832. The maximum atomic E-state index is 5.79. The first-order valence-corrected chi connectivity index (χ1v) is 5.83. The molecule has 0 radical (unpaired) electrons. The molecule has 0 amide bonds. The minimum Gasteiger partial charge on any atom is -0.497 e. The second kappa shape index (κ2) is 5.44. The molecule has 0 aliphatic carbocycles. The highest BCUT2D eigenvalue weighted by molar-refractivity contribution is 5.59. The molecule has 1 heterocycles. The lowest BCUT2D eigenvalue weighted by atomic mass is 10.2. The zero-order chi connectivity index (χ0) is 13.0. The SMILES string of the molecule is COc1cc(N)cc(NCCc2cnn(C)c2)c1. The van der Waals surface area contributed by atoms with Gasteiger partial charge in [-0.1, -0.05) is 0 Å². The molecule has 2 rings (SSSR count). The molecule has 0 aliphatic heterocycles. The Morgan fingerprint density at radius 2 is 2.22 bits per heavy atom. The average molecular weight is 246 g/mol. The van der Waals surface area contributed by atoms with Crippen LogP contribution in [0.25, 0.3) is 0 Å². The van der Waals surface area contributed by atoms with E-state index < -0.39 is 0 Å². The highest BCUT2D eigenvalue weighted by Crippen LogP contribution is 2.22. The van der Waals surface area contributed by atoms with Gasteiger partial charge in [0.25, 0.3) is 0 Å². The summed E-state index contributed by atoms with van der Waals surface area (Å²) in [4.78, 5) is 0. The molecule has 0 fully saturated rings. The smallest absolute Gasteiger partial charge is 0.122 e. The molecular formula is C13H18N4O. The summed E-state index contributed by atoms with van der Waals surface area (Å²) in [5, 5.41) is 7.45. The molecule has 0 atom stereocenters. The molecule has 96 valence electrons. The first-order chi connectivity index (χ1) is 8.67. The van der Waals surface area contributed by atoms with E-state index in [1.165, 1.54) is 5.56 Å². The van der Waals surface area contributed by atoms with Crippen LogP contribution in [0.1, 0.15) is 5.56 Å². The third-order valence-electron chi connectivity index (χ3n) is 2.67. The molecular weight excluding hydrogens is 228 g/mol. The van der Waals surface area contributed by atoms with Gasteiger partial charge in [0.1, 0.15) is 5.75 Å². The van der Waals surface area contributed by atoms with Gasteiger partial charge in [0.2, 0.25) is 0 Å². The molecule has 1 aromatic heterocycles. The van der Waals surface area contributed by atoms with Crippen molar-refractivity contribution in [2.75, 3.05) is 24.7 Å².